The Hall–Kier alpha value is -2.25. The van der Waals surface area contributed by atoms with Crippen LogP contribution in [0.5, 0.6) is 0 Å². The van der Waals surface area contributed by atoms with Crippen LogP contribution < -0.4 is 0 Å². The number of carbonyl (C=O) groups excluding carboxylic acids is 2. The minimum absolute atomic E-state index is 0.0172. The summed E-state index contributed by atoms with van der Waals surface area (Å²) in [5, 5.41) is 2.10. The van der Waals surface area contributed by atoms with E-state index in [1.165, 1.54) is 16.5 Å². The first-order chi connectivity index (χ1) is 15.0. The summed E-state index contributed by atoms with van der Waals surface area (Å²) in [6.45, 7) is 7.17. The van der Waals surface area contributed by atoms with Crippen molar-refractivity contribution in [1.29, 1.82) is 0 Å². The molecule has 0 N–H and O–H groups in total. The Morgan fingerprint density at radius 1 is 1.16 bits per heavy atom. The molecule has 0 saturated carbocycles. The van der Waals surface area contributed by atoms with E-state index in [-0.39, 0.29) is 29.7 Å². The zero-order valence-electron chi connectivity index (χ0n) is 18.2. The maximum Gasteiger partial charge on any atom is 0.223 e. The number of hydrogen-bond acceptors (Lipinski definition) is 4. The highest BCUT2D eigenvalue weighted by Crippen LogP contribution is 2.38. The third-order valence-corrected chi connectivity index (χ3v) is 7.44. The number of amides is 2. The van der Waals surface area contributed by atoms with Gasteiger partial charge in [0.15, 0.2) is 0 Å². The van der Waals surface area contributed by atoms with E-state index in [1.54, 1.807) is 23.5 Å². The molecule has 1 saturated heterocycles. The molecule has 2 aliphatic rings. The van der Waals surface area contributed by atoms with Gasteiger partial charge >= 0.3 is 0 Å². The number of halogens is 1. The van der Waals surface area contributed by atoms with E-state index < -0.39 is 0 Å². The van der Waals surface area contributed by atoms with Crippen molar-refractivity contribution in [2.24, 2.45) is 0 Å². The summed E-state index contributed by atoms with van der Waals surface area (Å²) in [5.74, 6) is 0.0475. The normalized spacial score (nSPS) is 21.8. The molecule has 5 nitrogen and oxygen atoms in total. The lowest BCUT2D eigenvalue weighted by molar-refractivity contribution is -0.142. The van der Waals surface area contributed by atoms with Crippen LogP contribution in [0.1, 0.15) is 48.7 Å². The molecule has 2 aromatic rings. The topological polar surface area (TPSA) is 43.9 Å². The highest BCUT2D eigenvalue weighted by Gasteiger charge is 2.32. The molecule has 0 aliphatic carbocycles. The average molecular weight is 444 g/mol. The largest absolute Gasteiger partial charge is 0.339 e. The molecule has 1 fully saturated rings. The molecule has 0 unspecified atom stereocenters. The summed E-state index contributed by atoms with van der Waals surface area (Å²) in [6, 6.07) is 8.98. The Balaban J connectivity index is 1.43. The van der Waals surface area contributed by atoms with E-state index >= 15 is 0 Å². The lowest BCUT2D eigenvalue weighted by atomic mass is 9.93. The number of nitrogens with zero attached hydrogens (tertiary/aromatic N) is 3. The fraction of sp³-hybridized carbons (Fsp3) is 0.500. The predicted molar refractivity (Wildman–Crippen MR) is 121 cm³/mol. The molecule has 2 atom stereocenters. The first-order valence-electron chi connectivity index (χ1n) is 11.1. The van der Waals surface area contributed by atoms with E-state index in [0.717, 1.165) is 18.5 Å². The molecule has 3 heterocycles. The second kappa shape index (κ2) is 9.49. The quantitative estimate of drug-likeness (QED) is 0.708. The molecule has 166 valence electrons. The highest BCUT2D eigenvalue weighted by atomic mass is 32.1. The first kappa shape index (κ1) is 22.0. The van der Waals surface area contributed by atoms with E-state index in [1.807, 2.05) is 29.7 Å². The Morgan fingerprint density at radius 2 is 2.00 bits per heavy atom. The molecule has 1 aromatic heterocycles. The van der Waals surface area contributed by atoms with Gasteiger partial charge in [-0.3, -0.25) is 14.5 Å². The summed E-state index contributed by atoms with van der Waals surface area (Å²) in [4.78, 5) is 32.4. The zero-order valence-corrected chi connectivity index (χ0v) is 19.0. The van der Waals surface area contributed by atoms with E-state index in [9.17, 15) is 14.0 Å². The van der Waals surface area contributed by atoms with Crippen LogP contribution in [0.25, 0.3) is 0 Å². The second-order valence-electron chi connectivity index (χ2n) is 8.42. The molecule has 4 rings (SSSR count). The predicted octanol–water partition coefficient (Wildman–Crippen LogP) is 3.69. The summed E-state index contributed by atoms with van der Waals surface area (Å²) in [5.41, 5.74) is 2.17. The van der Waals surface area contributed by atoms with Crippen LogP contribution in [0.15, 0.2) is 35.7 Å². The van der Waals surface area contributed by atoms with Gasteiger partial charge in [-0.2, -0.15) is 0 Å². The lowest BCUT2D eigenvalue weighted by Gasteiger charge is -2.40. The summed E-state index contributed by atoms with van der Waals surface area (Å²) in [6.07, 6.45) is 1.89. The standard InChI is InChI=1S/C24H30FN3O2S/c1-3-22(29)28-13-12-27(16-17(28)2)23(30)8-11-26-10-7-21-20(9-14-31-21)24(26)18-5-4-6-19(25)15-18/h4-6,9,14-15,17,24H,3,7-8,10-13,16H2,1-2H3/t17-,24+/m0/s1. The van der Waals surface area contributed by atoms with Crippen molar-refractivity contribution in [3.8, 4) is 0 Å². The fourth-order valence-electron chi connectivity index (χ4n) is 4.83. The van der Waals surface area contributed by atoms with Crippen LogP contribution in [0.4, 0.5) is 4.39 Å². The SMILES string of the molecule is CCC(=O)N1CCN(C(=O)CCN2CCc3sccc3[C@H]2c2cccc(F)c2)C[C@@H]1C. The maximum absolute atomic E-state index is 14.0. The molecule has 2 aliphatic heterocycles. The van der Waals surface area contributed by atoms with Crippen LogP contribution in [0.2, 0.25) is 0 Å². The Bertz CT molecular complexity index is 946. The summed E-state index contributed by atoms with van der Waals surface area (Å²) >= 11 is 1.75. The number of piperazine rings is 1. The van der Waals surface area contributed by atoms with Crippen LogP contribution in [-0.4, -0.2) is 65.3 Å². The molecule has 31 heavy (non-hydrogen) atoms. The van der Waals surface area contributed by atoms with Gasteiger partial charge in [0.25, 0.3) is 0 Å². The van der Waals surface area contributed by atoms with Gasteiger partial charge in [0, 0.05) is 56.5 Å². The fourth-order valence-corrected chi connectivity index (χ4v) is 5.74. The third kappa shape index (κ3) is 4.67. The Morgan fingerprint density at radius 3 is 2.74 bits per heavy atom. The zero-order chi connectivity index (χ0) is 22.0. The number of carbonyl (C=O) groups is 2. The van der Waals surface area contributed by atoms with Gasteiger partial charge < -0.3 is 9.80 Å². The second-order valence-corrected chi connectivity index (χ2v) is 9.42. The van der Waals surface area contributed by atoms with E-state index in [2.05, 4.69) is 16.3 Å². The Kier molecular flexibility index (Phi) is 6.72. The van der Waals surface area contributed by atoms with Crippen molar-refractivity contribution < 1.29 is 14.0 Å². The average Bonchev–Trinajstić information content (AvgIpc) is 3.25. The number of rotatable bonds is 5. The van der Waals surface area contributed by atoms with E-state index in [4.69, 9.17) is 0 Å². The van der Waals surface area contributed by atoms with Crippen LogP contribution >= 0.6 is 11.3 Å². The number of fused-ring (bicyclic) bond motifs is 1. The number of benzene rings is 1. The van der Waals surface area contributed by atoms with Crippen molar-refractivity contribution >= 4 is 23.2 Å². The van der Waals surface area contributed by atoms with Gasteiger partial charge in [0.1, 0.15) is 5.82 Å². The van der Waals surface area contributed by atoms with Gasteiger partial charge in [-0.05, 0) is 48.1 Å². The monoisotopic (exact) mass is 443 g/mol. The van der Waals surface area contributed by atoms with E-state index in [0.29, 0.717) is 39.0 Å². The van der Waals surface area contributed by atoms with Gasteiger partial charge in [0.05, 0.1) is 6.04 Å². The minimum Gasteiger partial charge on any atom is -0.339 e. The Labute approximate surface area is 187 Å². The van der Waals surface area contributed by atoms with Crippen molar-refractivity contribution in [1.82, 2.24) is 14.7 Å². The first-order valence-corrected chi connectivity index (χ1v) is 12.0. The summed E-state index contributed by atoms with van der Waals surface area (Å²) < 4.78 is 14.0. The van der Waals surface area contributed by atoms with Crippen molar-refractivity contribution in [3.05, 3.63) is 57.5 Å². The van der Waals surface area contributed by atoms with Crippen molar-refractivity contribution in [2.45, 2.75) is 45.2 Å². The number of thiophene rings is 1. The molecule has 0 spiro atoms. The van der Waals surface area contributed by atoms with Crippen LogP contribution in [0.3, 0.4) is 0 Å². The molecule has 1 aromatic carbocycles. The number of hydrogen-bond donors (Lipinski definition) is 0. The summed E-state index contributed by atoms with van der Waals surface area (Å²) in [7, 11) is 0. The van der Waals surface area contributed by atoms with Gasteiger partial charge in [-0.1, -0.05) is 19.1 Å². The highest BCUT2D eigenvalue weighted by molar-refractivity contribution is 7.10. The van der Waals surface area contributed by atoms with Crippen LogP contribution in [0, 0.1) is 5.82 Å². The van der Waals surface area contributed by atoms with Gasteiger partial charge in [0.2, 0.25) is 11.8 Å². The van der Waals surface area contributed by atoms with Crippen LogP contribution in [-0.2, 0) is 16.0 Å². The van der Waals surface area contributed by atoms with Gasteiger partial charge in [-0.15, -0.1) is 11.3 Å². The van der Waals surface area contributed by atoms with Crippen molar-refractivity contribution in [2.75, 3.05) is 32.7 Å². The van der Waals surface area contributed by atoms with Crippen molar-refractivity contribution in [3.63, 3.8) is 0 Å². The lowest BCUT2D eigenvalue weighted by Crippen LogP contribution is -2.55. The maximum atomic E-state index is 14.0. The molecule has 0 bridgehead atoms. The molecular weight excluding hydrogens is 413 g/mol. The molecule has 7 heteroatoms. The molecule has 0 radical (unpaired) electrons. The third-order valence-electron chi connectivity index (χ3n) is 6.45. The molecule has 2 amide bonds. The minimum atomic E-state index is -0.232. The molecular formula is C24H30FN3O2S. The smallest absolute Gasteiger partial charge is 0.223 e. The van der Waals surface area contributed by atoms with Gasteiger partial charge in [-0.25, -0.2) is 4.39 Å².